The molecule has 1 aromatic carbocycles. The van der Waals surface area contributed by atoms with Crippen molar-refractivity contribution in [2.45, 2.75) is 13.0 Å². The van der Waals surface area contributed by atoms with Crippen LogP contribution >= 0.6 is 22.9 Å². The van der Waals surface area contributed by atoms with Gasteiger partial charge in [0.15, 0.2) is 0 Å². The van der Waals surface area contributed by atoms with Gasteiger partial charge in [-0.1, -0.05) is 17.7 Å². The lowest BCUT2D eigenvalue weighted by atomic mass is 10.1. The number of halogens is 2. The molecule has 0 unspecified atom stereocenters. The largest absolute Gasteiger partial charge is 0.352 e. The van der Waals surface area contributed by atoms with Gasteiger partial charge in [0.05, 0.1) is 6.42 Å². The minimum Gasteiger partial charge on any atom is -0.352 e. The lowest BCUT2D eigenvalue weighted by molar-refractivity contribution is -0.120. The molecule has 0 saturated carbocycles. The van der Waals surface area contributed by atoms with E-state index in [-0.39, 0.29) is 22.9 Å². The van der Waals surface area contributed by atoms with Crippen LogP contribution in [-0.4, -0.2) is 10.9 Å². The first-order chi connectivity index (χ1) is 11.6. The van der Waals surface area contributed by atoms with E-state index in [9.17, 15) is 9.18 Å². The number of hydrogen-bond acceptors (Lipinski definition) is 3. The van der Waals surface area contributed by atoms with E-state index in [1.165, 1.54) is 12.1 Å². The number of thiophene rings is 1. The van der Waals surface area contributed by atoms with E-state index in [1.807, 2.05) is 22.9 Å². The third-order valence-corrected chi connectivity index (χ3v) is 4.58. The van der Waals surface area contributed by atoms with E-state index < -0.39 is 5.82 Å². The molecular formula is C18H14ClFN2OS. The first-order valence-electron chi connectivity index (χ1n) is 7.29. The van der Waals surface area contributed by atoms with Crippen LogP contribution in [0.3, 0.4) is 0 Å². The molecule has 2 heterocycles. The second-order valence-corrected chi connectivity index (χ2v) is 6.43. The maximum Gasteiger partial charge on any atom is 0.224 e. The normalized spacial score (nSPS) is 10.6. The van der Waals surface area contributed by atoms with E-state index in [1.54, 1.807) is 29.8 Å². The van der Waals surface area contributed by atoms with Crippen LogP contribution in [0.1, 0.15) is 11.1 Å². The van der Waals surface area contributed by atoms with Gasteiger partial charge in [-0.25, -0.2) is 4.39 Å². The number of nitrogens with zero attached hydrogens (tertiary/aromatic N) is 1. The van der Waals surface area contributed by atoms with Crippen molar-refractivity contribution < 1.29 is 9.18 Å². The average Bonchev–Trinajstić information content (AvgIpc) is 3.11. The van der Waals surface area contributed by atoms with Gasteiger partial charge in [0.25, 0.3) is 0 Å². The summed E-state index contributed by atoms with van der Waals surface area (Å²) in [7, 11) is 0. The van der Waals surface area contributed by atoms with Crippen LogP contribution in [0.4, 0.5) is 4.39 Å². The molecule has 3 nitrogen and oxygen atoms in total. The molecule has 0 aliphatic heterocycles. The molecule has 1 N–H and O–H groups in total. The monoisotopic (exact) mass is 360 g/mol. The third kappa shape index (κ3) is 3.99. The van der Waals surface area contributed by atoms with Crippen molar-refractivity contribution in [1.29, 1.82) is 0 Å². The van der Waals surface area contributed by atoms with Crippen LogP contribution in [0, 0.1) is 5.82 Å². The Morgan fingerprint density at radius 3 is 2.88 bits per heavy atom. The first-order valence-corrected chi connectivity index (χ1v) is 8.61. The summed E-state index contributed by atoms with van der Waals surface area (Å²) in [5.74, 6) is -0.762. The van der Waals surface area contributed by atoms with Crippen molar-refractivity contribution in [2.24, 2.45) is 0 Å². The molecule has 0 aliphatic rings. The molecule has 1 amide bonds. The van der Waals surface area contributed by atoms with Crippen molar-refractivity contribution >= 4 is 28.8 Å². The number of pyridine rings is 1. The van der Waals surface area contributed by atoms with Crippen molar-refractivity contribution in [3.05, 3.63) is 75.5 Å². The fraction of sp³-hybridized carbons (Fsp3) is 0.111. The average molecular weight is 361 g/mol. The molecule has 3 aromatic rings. The Morgan fingerprint density at radius 2 is 2.12 bits per heavy atom. The fourth-order valence-corrected chi connectivity index (χ4v) is 3.19. The van der Waals surface area contributed by atoms with Crippen molar-refractivity contribution in [3.8, 4) is 11.1 Å². The molecule has 0 atom stereocenters. The van der Waals surface area contributed by atoms with Gasteiger partial charge in [0.1, 0.15) is 5.82 Å². The zero-order valence-electron chi connectivity index (χ0n) is 12.6. The number of aromatic nitrogens is 1. The molecule has 0 bridgehead atoms. The number of hydrogen-bond donors (Lipinski definition) is 1. The quantitative estimate of drug-likeness (QED) is 0.729. The van der Waals surface area contributed by atoms with Crippen LogP contribution in [-0.2, 0) is 17.8 Å². The molecule has 0 radical (unpaired) electrons. The molecule has 3 rings (SSSR count). The van der Waals surface area contributed by atoms with E-state index in [4.69, 9.17) is 11.6 Å². The number of carbonyl (C=O) groups is 1. The predicted octanol–water partition coefficient (Wildman–Crippen LogP) is 4.46. The molecule has 0 fully saturated rings. The molecule has 122 valence electrons. The number of rotatable bonds is 5. The number of carbonyl (C=O) groups excluding carboxylic acids is 1. The van der Waals surface area contributed by atoms with Crippen LogP contribution in [0.2, 0.25) is 5.02 Å². The highest BCUT2D eigenvalue weighted by Gasteiger charge is 2.12. The highest BCUT2D eigenvalue weighted by Crippen LogP contribution is 2.22. The van der Waals surface area contributed by atoms with Gasteiger partial charge in [-0.05, 0) is 46.2 Å². The Balaban J connectivity index is 1.64. The predicted molar refractivity (Wildman–Crippen MR) is 94.5 cm³/mol. The minimum atomic E-state index is -0.473. The van der Waals surface area contributed by atoms with Gasteiger partial charge in [-0.15, -0.1) is 0 Å². The zero-order valence-corrected chi connectivity index (χ0v) is 14.2. The molecule has 0 aliphatic carbocycles. The maximum atomic E-state index is 13.7. The van der Waals surface area contributed by atoms with Crippen LogP contribution in [0.25, 0.3) is 11.1 Å². The highest BCUT2D eigenvalue weighted by atomic mass is 35.5. The summed E-state index contributed by atoms with van der Waals surface area (Å²) in [5.41, 5.74) is 3.19. The topological polar surface area (TPSA) is 42.0 Å². The van der Waals surface area contributed by atoms with Gasteiger partial charge in [0, 0.05) is 35.1 Å². The molecule has 24 heavy (non-hydrogen) atoms. The Hall–Kier alpha value is -2.24. The summed E-state index contributed by atoms with van der Waals surface area (Å²) in [6, 6.07) is 8.38. The summed E-state index contributed by atoms with van der Waals surface area (Å²) in [4.78, 5) is 16.3. The van der Waals surface area contributed by atoms with E-state index in [0.29, 0.717) is 6.54 Å². The van der Waals surface area contributed by atoms with Crippen LogP contribution in [0.5, 0.6) is 0 Å². The molecule has 2 aromatic heterocycles. The second-order valence-electron chi connectivity index (χ2n) is 5.25. The van der Waals surface area contributed by atoms with E-state index in [0.717, 1.165) is 16.7 Å². The minimum absolute atomic E-state index is 0.0941. The van der Waals surface area contributed by atoms with Crippen LogP contribution in [0.15, 0.2) is 53.5 Å². The first kappa shape index (κ1) is 16.6. The molecule has 6 heteroatoms. The summed E-state index contributed by atoms with van der Waals surface area (Å²) in [5, 5.41) is 7.07. The second kappa shape index (κ2) is 7.55. The zero-order chi connectivity index (χ0) is 16.9. The van der Waals surface area contributed by atoms with E-state index >= 15 is 0 Å². The van der Waals surface area contributed by atoms with Gasteiger partial charge >= 0.3 is 0 Å². The van der Waals surface area contributed by atoms with Gasteiger partial charge in [0.2, 0.25) is 5.91 Å². The summed E-state index contributed by atoms with van der Waals surface area (Å²) < 4.78 is 13.7. The molecular weight excluding hydrogens is 347 g/mol. The summed E-state index contributed by atoms with van der Waals surface area (Å²) >= 11 is 7.56. The summed E-state index contributed by atoms with van der Waals surface area (Å²) in [6.45, 7) is 0.329. The van der Waals surface area contributed by atoms with Gasteiger partial charge in [-0.2, -0.15) is 11.3 Å². The van der Waals surface area contributed by atoms with Gasteiger partial charge < -0.3 is 5.32 Å². The number of amides is 1. The summed E-state index contributed by atoms with van der Waals surface area (Å²) in [6.07, 6.45) is 3.39. The third-order valence-electron chi connectivity index (χ3n) is 3.54. The maximum absolute atomic E-state index is 13.7. The number of benzene rings is 1. The number of nitrogens with one attached hydrogen (secondary N) is 1. The van der Waals surface area contributed by atoms with Crippen molar-refractivity contribution in [3.63, 3.8) is 0 Å². The Bertz CT molecular complexity index is 832. The van der Waals surface area contributed by atoms with Crippen LogP contribution < -0.4 is 5.32 Å². The Labute approximate surface area is 148 Å². The SMILES string of the molecule is O=C(Cc1c(F)cccc1Cl)NCc1cncc(-c2ccsc2)c1. The molecule has 0 spiro atoms. The lowest BCUT2D eigenvalue weighted by Gasteiger charge is -2.08. The Morgan fingerprint density at radius 1 is 1.25 bits per heavy atom. The van der Waals surface area contributed by atoms with Crippen molar-refractivity contribution in [1.82, 2.24) is 10.3 Å². The molecule has 0 saturated heterocycles. The lowest BCUT2D eigenvalue weighted by Crippen LogP contribution is -2.25. The van der Waals surface area contributed by atoms with Crippen molar-refractivity contribution in [2.75, 3.05) is 0 Å². The van der Waals surface area contributed by atoms with Gasteiger partial charge in [-0.3, -0.25) is 9.78 Å². The van der Waals surface area contributed by atoms with E-state index in [2.05, 4.69) is 10.3 Å². The fourth-order valence-electron chi connectivity index (χ4n) is 2.30. The standard InChI is InChI=1S/C18H14ClFN2OS/c19-16-2-1-3-17(20)15(16)7-18(23)22-9-12-6-14(10-21-8-12)13-4-5-24-11-13/h1-6,8,10-11H,7,9H2,(H,22,23). The smallest absolute Gasteiger partial charge is 0.224 e. The highest BCUT2D eigenvalue weighted by molar-refractivity contribution is 7.08. The Kier molecular flexibility index (Phi) is 5.23.